The lowest BCUT2D eigenvalue weighted by atomic mass is 10.1. The van der Waals surface area contributed by atoms with Crippen LogP contribution in [0.5, 0.6) is 0 Å². The van der Waals surface area contributed by atoms with Crippen LogP contribution in [0.15, 0.2) is 0 Å². The molecule has 0 bridgehead atoms. The second kappa shape index (κ2) is 9.45. The summed E-state index contributed by atoms with van der Waals surface area (Å²) in [5.74, 6) is 0.935. The van der Waals surface area contributed by atoms with E-state index in [1.165, 1.54) is 26.9 Å². The van der Waals surface area contributed by atoms with Crippen LogP contribution >= 0.6 is 0 Å². The minimum atomic E-state index is -1.13. The van der Waals surface area contributed by atoms with Gasteiger partial charge in [-0.1, -0.05) is 40.5 Å². The highest BCUT2D eigenvalue weighted by Gasteiger charge is 2.18. The molecule has 2 heteroatoms. The number of rotatable bonds is 5. The van der Waals surface area contributed by atoms with Crippen molar-refractivity contribution < 1.29 is 9.13 Å². The molecule has 0 aliphatic carbocycles. The Balaban J connectivity index is 0. The quantitative estimate of drug-likeness (QED) is 0.654. The van der Waals surface area contributed by atoms with Crippen molar-refractivity contribution in [3.8, 4) is 0 Å². The maximum Gasteiger partial charge on any atom is 0.131 e. The van der Waals surface area contributed by atoms with Crippen LogP contribution in [0.2, 0.25) is 0 Å². The first-order valence-electron chi connectivity index (χ1n) is 5.61. The van der Waals surface area contributed by atoms with Crippen molar-refractivity contribution in [3.63, 3.8) is 0 Å². The van der Waals surface area contributed by atoms with Crippen LogP contribution in [0.4, 0.5) is 4.39 Å². The smallest absolute Gasteiger partial charge is 0.131 e. The van der Waals surface area contributed by atoms with Gasteiger partial charge in [-0.05, 0) is 19.3 Å². The molecule has 0 amide bonds. The zero-order valence-electron chi connectivity index (χ0n) is 10.7. The highest BCUT2D eigenvalue weighted by atomic mass is 19.1. The summed E-state index contributed by atoms with van der Waals surface area (Å²) >= 11 is 0. The second-order valence-electron chi connectivity index (χ2n) is 4.12. The lowest BCUT2D eigenvalue weighted by Gasteiger charge is -2.15. The fourth-order valence-electron chi connectivity index (χ4n) is 0.692. The summed E-state index contributed by atoms with van der Waals surface area (Å²) in [6.45, 7) is 10.3. The van der Waals surface area contributed by atoms with Crippen LogP contribution < -0.4 is 0 Å². The van der Waals surface area contributed by atoms with Gasteiger partial charge in [0, 0.05) is 7.11 Å². The van der Waals surface area contributed by atoms with E-state index in [1.807, 2.05) is 0 Å². The van der Waals surface area contributed by atoms with E-state index in [4.69, 9.17) is 0 Å². The summed E-state index contributed by atoms with van der Waals surface area (Å²) in [5.41, 5.74) is -1.13. The van der Waals surface area contributed by atoms with Gasteiger partial charge < -0.3 is 4.74 Å². The summed E-state index contributed by atoms with van der Waals surface area (Å²) < 4.78 is 17.3. The van der Waals surface area contributed by atoms with E-state index in [1.54, 1.807) is 6.92 Å². The van der Waals surface area contributed by atoms with E-state index in [0.29, 0.717) is 6.42 Å². The van der Waals surface area contributed by atoms with Crippen molar-refractivity contribution in [2.75, 3.05) is 13.7 Å². The maximum atomic E-state index is 12.7. The predicted octanol–water partition coefficient (Wildman–Crippen LogP) is 4.21. The summed E-state index contributed by atoms with van der Waals surface area (Å²) in [7, 11) is 1.51. The van der Waals surface area contributed by atoms with E-state index in [2.05, 4.69) is 25.5 Å². The Morgan fingerprint density at radius 3 is 1.71 bits per heavy atom. The number of ether oxygens (including phenoxy) is 1. The number of hydrogen-bond donors (Lipinski definition) is 0. The van der Waals surface area contributed by atoms with Gasteiger partial charge in [0.05, 0.1) is 6.61 Å². The minimum absolute atomic E-state index is 0.198. The lowest BCUT2D eigenvalue weighted by molar-refractivity contribution is 0.0520. The molecule has 0 aromatic carbocycles. The van der Waals surface area contributed by atoms with Gasteiger partial charge in [0.2, 0.25) is 0 Å². The lowest BCUT2D eigenvalue weighted by Crippen LogP contribution is -2.22. The van der Waals surface area contributed by atoms with Crippen molar-refractivity contribution in [2.24, 2.45) is 5.92 Å². The van der Waals surface area contributed by atoms with Crippen molar-refractivity contribution >= 4 is 0 Å². The molecule has 0 spiro atoms. The van der Waals surface area contributed by atoms with Crippen molar-refractivity contribution in [3.05, 3.63) is 0 Å². The molecule has 0 saturated heterocycles. The highest BCUT2D eigenvalue weighted by Crippen LogP contribution is 2.13. The molecule has 0 aromatic heterocycles. The third-order valence-corrected chi connectivity index (χ3v) is 2.58. The van der Waals surface area contributed by atoms with Crippen LogP contribution in [0, 0.1) is 5.92 Å². The fraction of sp³-hybridized carbons (Fsp3) is 1.00. The topological polar surface area (TPSA) is 9.23 Å². The van der Waals surface area contributed by atoms with Crippen LogP contribution in [0.1, 0.15) is 53.9 Å². The first-order valence-corrected chi connectivity index (χ1v) is 5.61. The first kappa shape index (κ1) is 16.3. The molecule has 0 heterocycles. The summed E-state index contributed by atoms with van der Waals surface area (Å²) in [4.78, 5) is 0. The van der Waals surface area contributed by atoms with Gasteiger partial charge in [-0.15, -0.1) is 0 Å². The van der Waals surface area contributed by atoms with Crippen LogP contribution in [-0.2, 0) is 4.74 Å². The monoisotopic (exact) mass is 206 g/mol. The van der Waals surface area contributed by atoms with Gasteiger partial charge >= 0.3 is 0 Å². The molecule has 0 fully saturated rings. The van der Waals surface area contributed by atoms with E-state index in [9.17, 15) is 4.39 Å². The highest BCUT2D eigenvalue weighted by molar-refractivity contribution is 4.68. The Labute approximate surface area is 89.0 Å². The molecule has 1 atom stereocenters. The fourth-order valence-corrected chi connectivity index (χ4v) is 0.692. The summed E-state index contributed by atoms with van der Waals surface area (Å²) in [5, 5.41) is 0. The molecule has 0 radical (unpaired) electrons. The molecule has 0 aliphatic heterocycles. The van der Waals surface area contributed by atoms with Crippen molar-refractivity contribution in [1.82, 2.24) is 0 Å². The average Bonchev–Trinajstić information content (AvgIpc) is 2.17. The number of halogens is 1. The van der Waals surface area contributed by atoms with Crippen LogP contribution in [-0.4, -0.2) is 19.4 Å². The van der Waals surface area contributed by atoms with Gasteiger partial charge in [0.1, 0.15) is 5.67 Å². The number of alkyl halides is 1. The van der Waals surface area contributed by atoms with Crippen molar-refractivity contribution in [1.29, 1.82) is 0 Å². The molecule has 1 unspecified atom stereocenters. The zero-order valence-corrected chi connectivity index (χ0v) is 10.7. The zero-order chi connectivity index (χ0) is 11.6. The molecule has 0 aliphatic rings. The Kier molecular flexibility index (Phi) is 11.0. The van der Waals surface area contributed by atoms with E-state index < -0.39 is 5.67 Å². The number of methoxy groups -OCH3 is 1. The molecule has 0 N–H and O–H groups in total. The Bertz CT molecular complexity index is 109. The van der Waals surface area contributed by atoms with E-state index in [0.717, 1.165) is 5.92 Å². The van der Waals surface area contributed by atoms with Gasteiger partial charge in [-0.2, -0.15) is 0 Å². The molecule has 0 aromatic rings. The van der Waals surface area contributed by atoms with Crippen LogP contribution in [0.3, 0.4) is 0 Å². The standard InChI is InChI=1S/C6H13FO.C6H14/c1-4-6(2,7)5-8-3;1-4-6(3)5-2/h4-5H2,1-3H3;6H,4-5H2,1-3H3. The molecular weight excluding hydrogens is 179 g/mol. The molecule has 1 nitrogen and oxygen atoms in total. The largest absolute Gasteiger partial charge is 0.381 e. The average molecular weight is 206 g/mol. The Morgan fingerprint density at radius 2 is 1.64 bits per heavy atom. The first-order chi connectivity index (χ1) is 6.43. The maximum absolute atomic E-state index is 12.7. The number of hydrogen-bond acceptors (Lipinski definition) is 1. The third-order valence-electron chi connectivity index (χ3n) is 2.58. The van der Waals surface area contributed by atoms with E-state index in [-0.39, 0.29) is 6.61 Å². The normalized spacial score (nSPS) is 14.6. The molecular formula is C12H27FO. The molecule has 0 rings (SSSR count). The van der Waals surface area contributed by atoms with Gasteiger partial charge in [-0.3, -0.25) is 0 Å². The summed E-state index contributed by atoms with van der Waals surface area (Å²) in [6.07, 6.45) is 3.17. The summed E-state index contributed by atoms with van der Waals surface area (Å²) in [6, 6.07) is 0. The molecule has 14 heavy (non-hydrogen) atoms. The Morgan fingerprint density at radius 1 is 1.21 bits per heavy atom. The predicted molar refractivity (Wildman–Crippen MR) is 61.4 cm³/mol. The minimum Gasteiger partial charge on any atom is -0.381 e. The van der Waals surface area contributed by atoms with E-state index >= 15 is 0 Å². The van der Waals surface area contributed by atoms with Crippen molar-refractivity contribution in [2.45, 2.75) is 59.5 Å². The SMILES string of the molecule is CCC(C)(F)COC.CCC(C)CC. The Hall–Kier alpha value is -0.110. The van der Waals surface area contributed by atoms with Gasteiger partial charge in [-0.25, -0.2) is 4.39 Å². The second-order valence-corrected chi connectivity index (χ2v) is 4.12. The van der Waals surface area contributed by atoms with Crippen LogP contribution in [0.25, 0.3) is 0 Å². The molecule has 0 saturated carbocycles. The van der Waals surface area contributed by atoms with Gasteiger partial charge in [0.15, 0.2) is 0 Å². The molecule has 88 valence electrons. The van der Waals surface area contributed by atoms with Gasteiger partial charge in [0.25, 0.3) is 0 Å². The third kappa shape index (κ3) is 11.9.